The molecular weight excluding hydrogens is 611 g/mol. The van der Waals surface area contributed by atoms with Crippen molar-refractivity contribution >= 4 is 23.4 Å². The zero-order valence-electron chi connectivity index (χ0n) is 26.1. The normalized spacial score (nSPS) is 14.5. The Kier molecular flexibility index (Phi) is 10.7. The summed E-state index contributed by atoms with van der Waals surface area (Å²) in [6, 6.07) is 18.0. The van der Waals surface area contributed by atoms with Crippen LogP contribution in [0.25, 0.3) is 6.08 Å². The second-order valence-corrected chi connectivity index (χ2v) is 11.4. The number of carbonyl (C=O) groups excluding carboxylic acids is 1. The van der Waals surface area contributed by atoms with Crippen LogP contribution in [0.4, 0.5) is 4.39 Å². The molecule has 1 aliphatic heterocycles. The van der Waals surface area contributed by atoms with Gasteiger partial charge in [-0.3, -0.25) is 9.36 Å². The molecule has 0 radical (unpaired) electrons. The molecule has 4 aromatic rings. The number of carbonyl (C=O) groups is 1. The lowest BCUT2D eigenvalue weighted by Gasteiger charge is -2.27. The Labute approximate surface area is 269 Å². The summed E-state index contributed by atoms with van der Waals surface area (Å²) in [6.45, 7) is 4.70. The van der Waals surface area contributed by atoms with Gasteiger partial charge in [0.2, 0.25) is 0 Å². The first-order chi connectivity index (χ1) is 22.3. The largest absolute Gasteiger partial charge is 0.493 e. The van der Waals surface area contributed by atoms with Crippen molar-refractivity contribution < 1.29 is 32.9 Å². The molecule has 0 fully saturated rings. The highest BCUT2D eigenvalue weighted by molar-refractivity contribution is 7.07. The molecule has 0 unspecified atom stereocenters. The average Bonchev–Trinajstić information content (AvgIpc) is 3.36. The van der Waals surface area contributed by atoms with Gasteiger partial charge in [-0.25, -0.2) is 14.2 Å². The van der Waals surface area contributed by atoms with Crippen molar-refractivity contribution in [3.8, 4) is 17.2 Å². The fourth-order valence-electron chi connectivity index (χ4n) is 5.00. The minimum absolute atomic E-state index is 0.0458. The highest BCUT2D eigenvalue weighted by Gasteiger charge is 2.36. The van der Waals surface area contributed by atoms with Crippen molar-refractivity contribution in [2.24, 2.45) is 4.99 Å². The van der Waals surface area contributed by atoms with E-state index in [0.29, 0.717) is 51.1 Å². The molecule has 1 atom stereocenters. The summed E-state index contributed by atoms with van der Waals surface area (Å²) in [4.78, 5) is 32.8. The molecule has 46 heavy (non-hydrogen) atoms. The second kappa shape index (κ2) is 15.0. The lowest BCUT2D eigenvalue weighted by Crippen LogP contribution is -2.40. The van der Waals surface area contributed by atoms with Crippen molar-refractivity contribution in [1.29, 1.82) is 0 Å². The zero-order chi connectivity index (χ0) is 32.6. The van der Waals surface area contributed by atoms with E-state index in [2.05, 4.69) is 4.99 Å². The van der Waals surface area contributed by atoms with Gasteiger partial charge < -0.3 is 23.7 Å². The van der Waals surface area contributed by atoms with Gasteiger partial charge >= 0.3 is 5.97 Å². The summed E-state index contributed by atoms with van der Waals surface area (Å²) < 4.78 is 43.4. The molecular formula is C35H35FN2O7S. The maximum absolute atomic E-state index is 14.1. The quantitative estimate of drug-likeness (QED) is 0.150. The number of hydrogen-bond acceptors (Lipinski definition) is 9. The number of benzene rings is 3. The molecule has 0 bridgehead atoms. The van der Waals surface area contributed by atoms with Gasteiger partial charge in [-0.2, -0.15) is 0 Å². The molecule has 1 aliphatic rings. The Morgan fingerprint density at radius 1 is 1.00 bits per heavy atom. The van der Waals surface area contributed by atoms with Gasteiger partial charge in [0, 0.05) is 12.7 Å². The number of ether oxygens (including phenoxy) is 5. The SMILES string of the molecule is CCCOc1c(OC)cccc1[C@@H]1C(C(=O)OCCOC)=C(C)N=c2s/c(=C/c3ccc(OCc4ccc(F)cc4)cc3)c(=O)n21. The number of fused-ring (bicyclic) bond motifs is 1. The van der Waals surface area contributed by atoms with Crippen LogP contribution in [-0.2, 0) is 20.9 Å². The van der Waals surface area contributed by atoms with Crippen molar-refractivity contribution in [3.05, 3.63) is 120 Å². The van der Waals surface area contributed by atoms with Gasteiger partial charge in [0.25, 0.3) is 5.56 Å². The van der Waals surface area contributed by atoms with Gasteiger partial charge in [-0.05, 0) is 60.9 Å². The van der Waals surface area contributed by atoms with E-state index in [1.54, 1.807) is 56.5 Å². The molecule has 2 heterocycles. The Balaban J connectivity index is 1.54. The minimum atomic E-state index is -0.877. The van der Waals surface area contributed by atoms with Crippen LogP contribution in [0.1, 0.15) is 43.0 Å². The Morgan fingerprint density at radius 3 is 2.46 bits per heavy atom. The van der Waals surface area contributed by atoms with Gasteiger partial charge in [-0.1, -0.05) is 54.7 Å². The Morgan fingerprint density at radius 2 is 1.76 bits per heavy atom. The molecule has 9 nitrogen and oxygen atoms in total. The number of allylic oxidation sites excluding steroid dienone is 1. The number of nitrogens with zero attached hydrogens (tertiary/aromatic N) is 2. The summed E-state index contributed by atoms with van der Waals surface area (Å²) >= 11 is 1.23. The molecule has 240 valence electrons. The maximum atomic E-state index is 14.1. The van der Waals surface area contributed by atoms with E-state index >= 15 is 0 Å². The minimum Gasteiger partial charge on any atom is -0.493 e. The van der Waals surface area contributed by atoms with E-state index in [9.17, 15) is 14.0 Å². The average molecular weight is 647 g/mol. The topological polar surface area (TPSA) is 97.6 Å². The van der Waals surface area contributed by atoms with Crippen LogP contribution in [0.5, 0.6) is 17.2 Å². The van der Waals surface area contributed by atoms with Crippen molar-refractivity contribution in [1.82, 2.24) is 4.57 Å². The van der Waals surface area contributed by atoms with Gasteiger partial charge in [0.05, 0.1) is 36.1 Å². The van der Waals surface area contributed by atoms with Crippen molar-refractivity contribution in [3.63, 3.8) is 0 Å². The van der Waals surface area contributed by atoms with Crippen molar-refractivity contribution in [2.45, 2.75) is 32.9 Å². The monoisotopic (exact) mass is 646 g/mol. The van der Waals surface area contributed by atoms with Crippen LogP contribution in [0.2, 0.25) is 0 Å². The molecule has 11 heteroatoms. The highest BCUT2D eigenvalue weighted by Crippen LogP contribution is 2.41. The molecule has 0 spiro atoms. The molecule has 0 saturated carbocycles. The van der Waals surface area contributed by atoms with E-state index in [-0.39, 0.29) is 30.2 Å². The predicted molar refractivity (Wildman–Crippen MR) is 173 cm³/mol. The first-order valence-electron chi connectivity index (χ1n) is 14.8. The zero-order valence-corrected chi connectivity index (χ0v) is 26.9. The van der Waals surface area contributed by atoms with Crippen LogP contribution in [0.3, 0.4) is 0 Å². The molecule has 1 aromatic heterocycles. The molecule has 5 rings (SSSR count). The van der Waals surface area contributed by atoms with Crippen LogP contribution in [0.15, 0.2) is 87.8 Å². The summed E-state index contributed by atoms with van der Waals surface area (Å²) in [5.74, 6) is 0.661. The first-order valence-corrected chi connectivity index (χ1v) is 15.6. The fourth-order valence-corrected chi connectivity index (χ4v) is 6.05. The third-order valence-electron chi connectivity index (χ3n) is 7.23. The number of para-hydroxylation sites is 1. The van der Waals surface area contributed by atoms with Gasteiger partial charge in [-0.15, -0.1) is 0 Å². The lowest BCUT2D eigenvalue weighted by atomic mass is 9.94. The van der Waals surface area contributed by atoms with Gasteiger partial charge in [0.1, 0.15) is 30.8 Å². The second-order valence-electron chi connectivity index (χ2n) is 10.4. The third kappa shape index (κ3) is 7.21. The predicted octanol–water partition coefficient (Wildman–Crippen LogP) is 4.94. The molecule has 3 aromatic carbocycles. The number of hydrogen-bond donors (Lipinski definition) is 0. The molecule has 0 amide bonds. The fraction of sp³-hybridized carbons (Fsp3) is 0.286. The smallest absolute Gasteiger partial charge is 0.338 e. The summed E-state index contributed by atoms with van der Waals surface area (Å²) in [7, 11) is 3.07. The Bertz CT molecular complexity index is 1900. The maximum Gasteiger partial charge on any atom is 0.338 e. The van der Waals surface area contributed by atoms with Crippen LogP contribution < -0.4 is 29.1 Å². The molecule has 0 N–H and O–H groups in total. The number of aromatic nitrogens is 1. The number of halogens is 1. The van der Waals surface area contributed by atoms with Crippen LogP contribution >= 0.6 is 11.3 Å². The summed E-state index contributed by atoms with van der Waals surface area (Å²) in [5, 5.41) is 0. The summed E-state index contributed by atoms with van der Waals surface area (Å²) in [6.07, 6.45) is 2.53. The van der Waals surface area contributed by atoms with Crippen LogP contribution in [0, 0.1) is 5.82 Å². The van der Waals surface area contributed by atoms with Crippen LogP contribution in [-0.4, -0.2) is 44.6 Å². The molecule has 0 aliphatic carbocycles. The number of thiazole rings is 1. The Hall–Kier alpha value is -4.74. The van der Waals surface area contributed by atoms with Gasteiger partial charge in [0.15, 0.2) is 16.3 Å². The van der Waals surface area contributed by atoms with Crippen molar-refractivity contribution in [2.75, 3.05) is 34.0 Å². The van der Waals surface area contributed by atoms with E-state index in [1.165, 1.54) is 35.1 Å². The molecule has 0 saturated heterocycles. The number of methoxy groups -OCH3 is 2. The first kappa shape index (κ1) is 32.6. The third-order valence-corrected chi connectivity index (χ3v) is 8.22. The number of rotatable bonds is 13. The van der Waals surface area contributed by atoms with E-state index < -0.39 is 12.0 Å². The highest BCUT2D eigenvalue weighted by atomic mass is 32.1. The van der Waals surface area contributed by atoms with E-state index in [4.69, 9.17) is 23.7 Å². The van der Waals surface area contributed by atoms with E-state index in [0.717, 1.165) is 17.5 Å². The van der Waals surface area contributed by atoms with E-state index in [1.807, 2.05) is 25.1 Å². The lowest BCUT2D eigenvalue weighted by molar-refractivity contribution is -0.140. The standard InChI is InChI=1S/C35H35FN2O7S/c1-5-17-43-32-27(7-6-8-28(32)42-4)31-30(34(40)44-19-18-41-3)22(2)37-35-38(31)33(39)29(46-35)20-23-11-15-26(16-12-23)45-21-24-9-13-25(36)14-10-24/h6-16,20,31H,5,17-19,21H2,1-4H3/b29-20+/t31-/m1/s1. The number of esters is 1. The summed E-state index contributed by atoms with van der Waals surface area (Å²) in [5.41, 5.74) is 2.55.